The summed E-state index contributed by atoms with van der Waals surface area (Å²) in [5, 5.41) is 0.824. The summed E-state index contributed by atoms with van der Waals surface area (Å²) in [7, 11) is 1.45. The van der Waals surface area contributed by atoms with Gasteiger partial charge in [-0.25, -0.2) is 9.97 Å². The lowest BCUT2D eigenvalue weighted by molar-refractivity contribution is -0.141. The fraction of sp³-hybridized carbons (Fsp3) is 0.667. The van der Waals surface area contributed by atoms with Gasteiger partial charge in [-0.1, -0.05) is 25.6 Å². The van der Waals surface area contributed by atoms with E-state index in [4.69, 9.17) is 4.74 Å². The molecular formula is C15H22N2O2S. The summed E-state index contributed by atoms with van der Waals surface area (Å²) in [4.78, 5) is 20.5. The van der Waals surface area contributed by atoms with Gasteiger partial charge < -0.3 is 4.74 Å². The smallest absolute Gasteiger partial charge is 0.306 e. The van der Waals surface area contributed by atoms with E-state index < -0.39 is 0 Å². The van der Waals surface area contributed by atoms with Gasteiger partial charge in [-0.2, -0.15) is 0 Å². The second-order valence-electron chi connectivity index (χ2n) is 5.91. The predicted molar refractivity (Wildman–Crippen MR) is 79.9 cm³/mol. The lowest BCUT2D eigenvalue weighted by atomic mass is 10.1. The van der Waals surface area contributed by atoms with Gasteiger partial charge in [0.05, 0.1) is 13.5 Å². The molecule has 1 aromatic rings. The zero-order chi connectivity index (χ0) is 14.8. The van der Waals surface area contributed by atoms with Crippen molar-refractivity contribution in [3.63, 3.8) is 0 Å². The van der Waals surface area contributed by atoms with E-state index in [-0.39, 0.29) is 11.4 Å². The Morgan fingerprint density at radius 3 is 2.70 bits per heavy atom. The van der Waals surface area contributed by atoms with Crippen LogP contribution >= 0.6 is 11.8 Å². The van der Waals surface area contributed by atoms with Crippen LogP contribution in [0, 0.1) is 12.3 Å². The molecule has 0 unspecified atom stereocenters. The highest BCUT2D eigenvalue weighted by Gasteiger charge is 2.44. The average molecular weight is 294 g/mol. The van der Waals surface area contributed by atoms with Gasteiger partial charge >= 0.3 is 5.97 Å². The number of aromatic nitrogens is 2. The molecule has 0 radical (unpaired) electrons. The molecule has 1 heterocycles. The van der Waals surface area contributed by atoms with E-state index in [1.165, 1.54) is 7.11 Å². The third-order valence-corrected chi connectivity index (χ3v) is 4.85. The first kappa shape index (κ1) is 15.3. The van der Waals surface area contributed by atoms with Crippen LogP contribution in [0.2, 0.25) is 0 Å². The van der Waals surface area contributed by atoms with Gasteiger partial charge in [0.25, 0.3) is 0 Å². The van der Waals surface area contributed by atoms with E-state index in [1.807, 2.05) is 13.0 Å². The number of hydrogen-bond acceptors (Lipinski definition) is 5. The Hall–Kier alpha value is -1.10. The Labute approximate surface area is 124 Å². The second kappa shape index (κ2) is 6.12. The Morgan fingerprint density at radius 1 is 1.45 bits per heavy atom. The van der Waals surface area contributed by atoms with Crippen LogP contribution in [0.1, 0.15) is 50.4 Å². The summed E-state index contributed by atoms with van der Waals surface area (Å²) >= 11 is 1.66. The molecule has 2 rings (SSSR count). The SMILES string of the molecule is COC(=O)CC1(CSc2nc(C)cc(C(C)C)n2)CC1. The first-order chi connectivity index (χ1) is 9.44. The van der Waals surface area contributed by atoms with E-state index in [0.29, 0.717) is 12.3 Å². The van der Waals surface area contributed by atoms with Crippen LogP contribution in [0.4, 0.5) is 0 Å². The molecule has 0 spiro atoms. The maximum absolute atomic E-state index is 11.4. The molecule has 0 aromatic carbocycles. The van der Waals surface area contributed by atoms with Gasteiger partial charge in [0.15, 0.2) is 5.16 Å². The fourth-order valence-corrected chi connectivity index (χ4v) is 3.27. The minimum Gasteiger partial charge on any atom is -0.469 e. The molecule has 110 valence electrons. The van der Waals surface area contributed by atoms with Crippen LogP contribution in [0.15, 0.2) is 11.2 Å². The fourth-order valence-electron chi connectivity index (χ4n) is 2.07. The molecular weight excluding hydrogens is 272 g/mol. The summed E-state index contributed by atoms with van der Waals surface area (Å²) in [6.07, 6.45) is 2.70. The highest BCUT2D eigenvalue weighted by molar-refractivity contribution is 7.99. The summed E-state index contributed by atoms with van der Waals surface area (Å²) in [5.41, 5.74) is 2.20. The number of aryl methyl sites for hydroxylation is 1. The van der Waals surface area contributed by atoms with Crippen molar-refractivity contribution in [2.24, 2.45) is 5.41 Å². The molecule has 0 saturated heterocycles. The molecule has 0 atom stereocenters. The molecule has 1 fully saturated rings. The van der Waals surface area contributed by atoms with Gasteiger partial charge in [0.2, 0.25) is 0 Å². The standard InChI is InChI=1S/C15H22N2O2S/c1-10(2)12-7-11(3)16-14(17-12)20-9-15(5-6-15)8-13(18)19-4/h7,10H,5-6,8-9H2,1-4H3. The second-order valence-corrected chi connectivity index (χ2v) is 6.86. The lowest BCUT2D eigenvalue weighted by Crippen LogP contribution is -2.13. The quantitative estimate of drug-likeness (QED) is 0.457. The van der Waals surface area contributed by atoms with Crippen molar-refractivity contribution in [3.05, 3.63) is 17.5 Å². The number of carbonyl (C=O) groups excluding carboxylic acids is 1. The van der Waals surface area contributed by atoms with Gasteiger partial charge in [-0.15, -0.1) is 0 Å². The first-order valence-electron chi connectivity index (χ1n) is 6.99. The summed E-state index contributed by atoms with van der Waals surface area (Å²) < 4.78 is 4.77. The van der Waals surface area contributed by atoms with Gasteiger partial charge in [0.1, 0.15) is 0 Å². The molecule has 20 heavy (non-hydrogen) atoms. The number of ether oxygens (including phenoxy) is 1. The van der Waals surface area contributed by atoms with Crippen molar-refractivity contribution in [1.82, 2.24) is 9.97 Å². The molecule has 1 aliphatic carbocycles. The van der Waals surface area contributed by atoms with Crippen LogP contribution < -0.4 is 0 Å². The predicted octanol–water partition coefficient (Wildman–Crippen LogP) is 3.34. The number of esters is 1. The molecule has 5 heteroatoms. The van der Waals surface area contributed by atoms with Crippen molar-refractivity contribution in [1.29, 1.82) is 0 Å². The molecule has 1 aromatic heterocycles. The Bertz CT molecular complexity index is 499. The largest absolute Gasteiger partial charge is 0.469 e. The normalized spacial score (nSPS) is 16.2. The number of hydrogen-bond donors (Lipinski definition) is 0. The summed E-state index contributed by atoms with van der Waals surface area (Å²) in [6.45, 7) is 6.27. The van der Waals surface area contributed by atoms with Crippen LogP contribution in [-0.4, -0.2) is 28.8 Å². The molecule has 0 aliphatic heterocycles. The van der Waals surface area contributed by atoms with E-state index in [1.54, 1.807) is 11.8 Å². The Morgan fingerprint density at radius 2 is 2.15 bits per heavy atom. The third kappa shape index (κ3) is 3.95. The zero-order valence-corrected chi connectivity index (χ0v) is 13.4. The number of thioether (sulfide) groups is 1. The minimum absolute atomic E-state index is 0.114. The highest BCUT2D eigenvalue weighted by Crippen LogP contribution is 2.51. The van der Waals surface area contributed by atoms with Crippen molar-refractivity contribution >= 4 is 17.7 Å². The first-order valence-corrected chi connectivity index (χ1v) is 7.98. The lowest BCUT2D eigenvalue weighted by Gasteiger charge is -2.13. The molecule has 4 nitrogen and oxygen atoms in total. The van der Waals surface area contributed by atoms with E-state index in [2.05, 4.69) is 23.8 Å². The number of methoxy groups -OCH3 is 1. The van der Waals surface area contributed by atoms with Crippen LogP contribution in [-0.2, 0) is 9.53 Å². The van der Waals surface area contributed by atoms with E-state index >= 15 is 0 Å². The van der Waals surface area contributed by atoms with Crippen molar-refractivity contribution in [2.45, 2.75) is 51.1 Å². The highest BCUT2D eigenvalue weighted by atomic mass is 32.2. The van der Waals surface area contributed by atoms with Crippen LogP contribution in [0.25, 0.3) is 0 Å². The van der Waals surface area contributed by atoms with Crippen molar-refractivity contribution in [2.75, 3.05) is 12.9 Å². The maximum atomic E-state index is 11.4. The topological polar surface area (TPSA) is 52.1 Å². The number of rotatable bonds is 6. The molecule has 1 saturated carbocycles. The minimum atomic E-state index is -0.115. The van der Waals surface area contributed by atoms with Crippen LogP contribution in [0.5, 0.6) is 0 Å². The molecule has 0 N–H and O–H groups in total. The van der Waals surface area contributed by atoms with Gasteiger partial charge in [-0.3, -0.25) is 4.79 Å². The summed E-state index contributed by atoms with van der Waals surface area (Å²) in [5.74, 6) is 1.18. The number of carbonyl (C=O) groups is 1. The Kier molecular flexibility index (Phi) is 4.68. The zero-order valence-electron chi connectivity index (χ0n) is 12.6. The summed E-state index contributed by atoms with van der Waals surface area (Å²) in [6, 6.07) is 2.04. The van der Waals surface area contributed by atoms with Gasteiger partial charge in [0, 0.05) is 17.1 Å². The monoisotopic (exact) mass is 294 g/mol. The Balaban J connectivity index is 1.99. The molecule has 1 aliphatic rings. The van der Waals surface area contributed by atoms with Gasteiger partial charge in [-0.05, 0) is 37.2 Å². The average Bonchev–Trinajstić information content (AvgIpc) is 3.16. The van der Waals surface area contributed by atoms with E-state index in [0.717, 1.165) is 35.1 Å². The van der Waals surface area contributed by atoms with Crippen molar-refractivity contribution < 1.29 is 9.53 Å². The third-order valence-electron chi connectivity index (χ3n) is 3.66. The van der Waals surface area contributed by atoms with E-state index in [9.17, 15) is 4.79 Å². The molecule has 0 bridgehead atoms. The van der Waals surface area contributed by atoms with Crippen LogP contribution in [0.3, 0.4) is 0 Å². The number of nitrogens with zero attached hydrogens (tertiary/aromatic N) is 2. The maximum Gasteiger partial charge on any atom is 0.306 e. The van der Waals surface area contributed by atoms with Crippen molar-refractivity contribution in [3.8, 4) is 0 Å². The molecule has 0 amide bonds.